The van der Waals surface area contributed by atoms with Crippen LogP contribution in [0.15, 0.2) is 4.99 Å². The highest BCUT2D eigenvalue weighted by Gasteiger charge is 2.91. The zero-order valence-electron chi connectivity index (χ0n) is 10.2. The van der Waals surface area contributed by atoms with Crippen LogP contribution in [0, 0.1) is 0 Å². The summed E-state index contributed by atoms with van der Waals surface area (Å²) in [5.74, 6) is -42.1. The summed E-state index contributed by atoms with van der Waals surface area (Å²) in [6, 6.07) is 0. The molecule has 0 spiro atoms. The lowest BCUT2D eigenvalue weighted by Crippen LogP contribution is -2.70. The first kappa shape index (κ1) is 21.7. The molecule has 0 amide bonds. The Bertz CT molecular complexity index is 472. The molecule has 15 heteroatoms. The Morgan fingerprint density at radius 3 is 1.13 bits per heavy atom. The Morgan fingerprint density at radius 1 is 0.565 bits per heavy atom. The van der Waals surface area contributed by atoms with Gasteiger partial charge in [-0.3, -0.25) is 4.99 Å². The third-order valence-electron chi connectivity index (χ3n) is 2.39. The van der Waals surface area contributed by atoms with Crippen molar-refractivity contribution in [2.24, 2.45) is 4.99 Å². The molecular formula is C8H3F14N. The number of halogens is 14. The van der Waals surface area contributed by atoms with Crippen LogP contribution in [0.4, 0.5) is 61.5 Å². The minimum absolute atomic E-state index is 0.0278. The Kier molecular flexibility index (Phi) is 5.05. The molecule has 0 N–H and O–H groups in total. The predicted molar refractivity (Wildman–Crippen MR) is 45.3 cm³/mol. The topological polar surface area (TPSA) is 12.4 Å². The van der Waals surface area contributed by atoms with E-state index in [9.17, 15) is 61.5 Å². The van der Waals surface area contributed by atoms with E-state index < -0.39 is 41.8 Å². The molecule has 138 valence electrons. The molecule has 0 saturated carbocycles. The second-order valence-electron chi connectivity index (χ2n) is 3.88. The van der Waals surface area contributed by atoms with E-state index in [1.54, 1.807) is 4.99 Å². The molecule has 0 heterocycles. The van der Waals surface area contributed by atoms with Gasteiger partial charge < -0.3 is 0 Å². The molecule has 0 fully saturated rings. The summed E-state index contributed by atoms with van der Waals surface area (Å²) in [5, 5.41) is 0. The molecule has 0 radical (unpaired) electrons. The highest BCUT2D eigenvalue weighted by Crippen LogP contribution is 2.60. The predicted octanol–water partition coefficient (Wildman–Crippen LogP) is 4.72. The number of nitrogens with zero attached hydrogens (tertiary/aromatic N) is 1. The van der Waals surface area contributed by atoms with Crippen molar-refractivity contribution >= 4 is 5.97 Å². The second-order valence-corrected chi connectivity index (χ2v) is 3.88. The van der Waals surface area contributed by atoms with E-state index in [-0.39, 0.29) is 7.05 Å². The van der Waals surface area contributed by atoms with Crippen molar-refractivity contribution in [1.29, 1.82) is 0 Å². The summed E-state index contributed by atoms with van der Waals surface area (Å²) >= 11 is 0. The lowest BCUT2D eigenvalue weighted by atomic mass is 9.94. The van der Waals surface area contributed by atoms with Crippen LogP contribution >= 0.6 is 0 Å². The van der Waals surface area contributed by atoms with Crippen LogP contribution < -0.4 is 0 Å². The van der Waals surface area contributed by atoms with Crippen molar-refractivity contribution in [3.8, 4) is 0 Å². The fourth-order valence-corrected chi connectivity index (χ4v) is 1.04. The first-order chi connectivity index (χ1) is 9.73. The lowest BCUT2D eigenvalue weighted by molar-refractivity contribution is -0.435. The smallest absolute Gasteiger partial charge is 0.260 e. The van der Waals surface area contributed by atoms with Crippen molar-refractivity contribution in [1.82, 2.24) is 0 Å². The summed E-state index contributed by atoms with van der Waals surface area (Å²) in [6.07, 6.45) is -7.50. The molecule has 0 aliphatic carbocycles. The van der Waals surface area contributed by atoms with Crippen molar-refractivity contribution in [3.05, 3.63) is 0 Å². The number of alkyl halides is 13. The van der Waals surface area contributed by atoms with Gasteiger partial charge in [0.15, 0.2) is 0 Å². The van der Waals surface area contributed by atoms with Crippen LogP contribution in [0.25, 0.3) is 0 Å². The van der Waals surface area contributed by atoms with E-state index in [1.807, 2.05) is 0 Å². The molecule has 0 saturated heterocycles. The van der Waals surface area contributed by atoms with Crippen molar-refractivity contribution in [3.63, 3.8) is 0 Å². The Morgan fingerprint density at radius 2 is 0.870 bits per heavy atom. The number of hydrogen-bond acceptors (Lipinski definition) is 1. The van der Waals surface area contributed by atoms with E-state index in [1.165, 1.54) is 0 Å². The largest absolute Gasteiger partial charge is 0.460 e. The van der Waals surface area contributed by atoms with Gasteiger partial charge in [-0.2, -0.15) is 61.5 Å². The number of hydrogen-bond donors (Lipinski definition) is 0. The van der Waals surface area contributed by atoms with Crippen molar-refractivity contribution < 1.29 is 61.5 Å². The van der Waals surface area contributed by atoms with Gasteiger partial charge in [0.25, 0.3) is 5.97 Å². The van der Waals surface area contributed by atoms with Gasteiger partial charge in [-0.15, -0.1) is 0 Å². The summed E-state index contributed by atoms with van der Waals surface area (Å²) in [7, 11) is -0.0278. The van der Waals surface area contributed by atoms with Gasteiger partial charge in [0.2, 0.25) is 0 Å². The Labute approximate surface area is 117 Å². The maximum atomic E-state index is 12.8. The first-order valence-corrected chi connectivity index (χ1v) is 4.82. The highest BCUT2D eigenvalue weighted by atomic mass is 19.4. The van der Waals surface area contributed by atoms with Crippen LogP contribution in [0.5, 0.6) is 0 Å². The van der Waals surface area contributed by atoms with Gasteiger partial charge in [0.05, 0.1) is 0 Å². The van der Waals surface area contributed by atoms with Gasteiger partial charge in [0, 0.05) is 7.05 Å². The molecule has 1 nitrogen and oxygen atoms in total. The van der Waals surface area contributed by atoms with E-state index in [2.05, 4.69) is 0 Å². The van der Waals surface area contributed by atoms with Crippen LogP contribution in [-0.2, 0) is 0 Å². The monoisotopic (exact) mass is 379 g/mol. The molecule has 0 aliphatic rings. The molecule has 0 atom stereocenters. The molecule has 23 heavy (non-hydrogen) atoms. The minimum atomic E-state index is -8.04. The molecular weight excluding hydrogens is 376 g/mol. The van der Waals surface area contributed by atoms with E-state index >= 15 is 0 Å². The van der Waals surface area contributed by atoms with Crippen molar-refractivity contribution in [2.75, 3.05) is 7.05 Å². The SMILES string of the molecule is CN=C(F)C(F)(F)C(F)(F)C(F)(F)C(F)(F)C(F)(F)C(F)(F)F. The third kappa shape index (κ3) is 2.70. The molecule has 0 aliphatic heterocycles. The van der Waals surface area contributed by atoms with Crippen LogP contribution in [0.2, 0.25) is 0 Å². The summed E-state index contributed by atoms with van der Waals surface area (Å²) in [6.45, 7) is 0. The van der Waals surface area contributed by atoms with Crippen LogP contribution in [0.3, 0.4) is 0 Å². The Hall–Kier alpha value is -1.31. The average Bonchev–Trinajstić information content (AvgIpc) is 2.35. The lowest BCUT2D eigenvalue weighted by Gasteiger charge is -2.38. The van der Waals surface area contributed by atoms with E-state index in [0.29, 0.717) is 0 Å². The molecule has 0 bridgehead atoms. The van der Waals surface area contributed by atoms with Gasteiger partial charge >= 0.3 is 35.8 Å². The molecule has 0 unspecified atom stereocenters. The molecule has 0 rings (SSSR count). The van der Waals surface area contributed by atoms with Crippen molar-refractivity contribution in [2.45, 2.75) is 35.8 Å². The molecule has 0 aromatic rings. The fourth-order valence-electron chi connectivity index (χ4n) is 1.04. The van der Waals surface area contributed by atoms with Gasteiger partial charge in [0.1, 0.15) is 0 Å². The number of aliphatic imine (C=N–C) groups is 1. The second kappa shape index (κ2) is 5.36. The fraction of sp³-hybridized carbons (Fsp3) is 0.875. The zero-order chi connectivity index (χ0) is 19.3. The van der Waals surface area contributed by atoms with E-state index in [0.717, 1.165) is 0 Å². The molecule has 0 aromatic heterocycles. The quantitative estimate of drug-likeness (QED) is 0.484. The minimum Gasteiger partial charge on any atom is -0.260 e. The average molecular weight is 379 g/mol. The van der Waals surface area contributed by atoms with Gasteiger partial charge in [-0.25, -0.2) is 0 Å². The zero-order valence-corrected chi connectivity index (χ0v) is 10.2. The molecule has 0 aromatic carbocycles. The van der Waals surface area contributed by atoms with Crippen LogP contribution in [0.1, 0.15) is 0 Å². The summed E-state index contributed by atoms with van der Waals surface area (Å²) in [4.78, 5) is 1.66. The maximum absolute atomic E-state index is 12.8. The highest BCUT2D eigenvalue weighted by molar-refractivity contribution is 5.83. The standard InChI is InChI=1S/C8H3F14N/c1-23-2(9)3(10,11)4(12,13)5(14,15)6(16,17)7(18,19)8(20,21)22/h1H3. The maximum Gasteiger partial charge on any atom is 0.460 e. The first-order valence-electron chi connectivity index (χ1n) is 4.82. The summed E-state index contributed by atoms with van der Waals surface area (Å²) in [5.41, 5.74) is 0. The Balaban J connectivity index is 6.36. The normalized spacial score (nSPS) is 16.7. The third-order valence-corrected chi connectivity index (χ3v) is 2.39. The summed E-state index contributed by atoms with van der Waals surface area (Å²) < 4.78 is 174. The van der Waals surface area contributed by atoms with Gasteiger partial charge in [-0.1, -0.05) is 0 Å². The van der Waals surface area contributed by atoms with Crippen LogP contribution in [-0.4, -0.2) is 48.8 Å². The van der Waals surface area contributed by atoms with E-state index in [4.69, 9.17) is 0 Å². The number of rotatable bonds is 5. The van der Waals surface area contributed by atoms with Gasteiger partial charge in [-0.05, 0) is 0 Å².